The Morgan fingerprint density at radius 3 is 2.86 bits per heavy atom. The van der Waals surface area contributed by atoms with Crippen LogP contribution in [-0.4, -0.2) is 35.5 Å². The standard InChI is InChI=1S/C15H17N3O4/c1-15(21-9-10-22-15)6-8-17-13-5-4-12-11(3-2-7-16-12)14(13)18(19)20/h2-5,7,17H,6,8-10H2,1H3. The van der Waals surface area contributed by atoms with Gasteiger partial charge in [-0.3, -0.25) is 15.1 Å². The van der Waals surface area contributed by atoms with E-state index in [0.717, 1.165) is 0 Å². The van der Waals surface area contributed by atoms with E-state index in [1.54, 1.807) is 30.5 Å². The van der Waals surface area contributed by atoms with E-state index in [4.69, 9.17) is 9.47 Å². The molecule has 2 heterocycles. The lowest BCUT2D eigenvalue weighted by molar-refractivity contribution is -0.382. The van der Waals surface area contributed by atoms with Gasteiger partial charge in [-0.15, -0.1) is 0 Å². The topological polar surface area (TPSA) is 86.5 Å². The van der Waals surface area contributed by atoms with Gasteiger partial charge in [0.2, 0.25) is 0 Å². The minimum atomic E-state index is -0.611. The predicted octanol–water partition coefficient (Wildman–Crippen LogP) is 2.71. The molecule has 1 N–H and O–H groups in total. The first-order valence-corrected chi connectivity index (χ1v) is 7.13. The number of rotatable bonds is 5. The van der Waals surface area contributed by atoms with Crippen molar-refractivity contribution in [3.05, 3.63) is 40.6 Å². The maximum atomic E-state index is 11.4. The first-order chi connectivity index (χ1) is 10.6. The molecule has 0 saturated carbocycles. The van der Waals surface area contributed by atoms with Gasteiger partial charge in [0.15, 0.2) is 5.79 Å². The molecule has 0 bridgehead atoms. The Kier molecular flexibility index (Phi) is 3.91. The van der Waals surface area contributed by atoms with E-state index in [1.165, 1.54) is 0 Å². The van der Waals surface area contributed by atoms with Crippen molar-refractivity contribution in [1.82, 2.24) is 4.98 Å². The number of nitro groups is 1. The predicted molar refractivity (Wildman–Crippen MR) is 81.8 cm³/mol. The summed E-state index contributed by atoms with van der Waals surface area (Å²) in [7, 11) is 0. The highest BCUT2D eigenvalue weighted by Crippen LogP contribution is 2.32. The molecule has 1 aliphatic rings. The molecule has 116 valence electrons. The zero-order valence-corrected chi connectivity index (χ0v) is 12.2. The summed E-state index contributed by atoms with van der Waals surface area (Å²) in [6.45, 7) is 3.56. The fraction of sp³-hybridized carbons (Fsp3) is 0.400. The Hall–Kier alpha value is -2.25. The van der Waals surface area contributed by atoms with E-state index in [0.29, 0.717) is 42.8 Å². The van der Waals surface area contributed by atoms with E-state index in [2.05, 4.69) is 10.3 Å². The molecule has 7 nitrogen and oxygen atoms in total. The molecule has 3 rings (SSSR count). The Balaban J connectivity index is 1.81. The van der Waals surface area contributed by atoms with Crippen molar-refractivity contribution in [2.75, 3.05) is 25.1 Å². The van der Waals surface area contributed by atoms with Crippen LogP contribution in [0.25, 0.3) is 10.9 Å². The van der Waals surface area contributed by atoms with Gasteiger partial charge in [-0.1, -0.05) is 0 Å². The normalized spacial score (nSPS) is 16.8. The van der Waals surface area contributed by atoms with E-state index in [9.17, 15) is 10.1 Å². The Bertz CT molecular complexity index is 698. The maximum Gasteiger partial charge on any atom is 0.301 e. The molecule has 0 aliphatic carbocycles. The maximum absolute atomic E-state index is 11.4. The summed E-state index contributed by atoms with van der Waals surface area (Å²) in [5.41, 5.74) is 1.13. The molecule has 1 aliphatic heterocycles. The molecular weight excluding hydrogens is 286 g/mol. The number of ether oxygens (including phenoxy) is 2. The molecule has 1 fully saturated rings. The molecule has 0 radical (unpaired) electrons. The summed E-state index contributed by atoms with van der Waals surface area (Å²) in [6.07, 6.45) is 2.23. The average molecular weight is 303 g/mol. The number of nitro benzene ring substituents is 1. The van der Waals surface area contributed by atoms with Crippen molar-refractivity contribution < 1.29 is 14.4 Å². The number of benzene rings is 1. The number of pyridine rings is 1. The lowest BCUT2D eigenvalue weighted by Gasteiger charge is -2.22. The Morgan fingerprint density at radius 2 is 2.14 bits per heavy atom. The van der Waals surface area contributed by atoms with E-state index in [-0.39, 0.29) is 10.6 Å². The molecule has 0 amide bonds. The highest BCUT2D eigenvalue weighted by Gasteiger charge is 2.30. The third-order valence-corrected chi connectivity index (χ3v) is 3.73. The van der Waals surface area contributed by atoms with Gasteiger partial charge in [-0.25, -0.2) is 0 Å². The number of fused-ring (bicyclic) bond motifs is 1. The summed E-state index contributed by atoms with van der Waals surface area (Å²) in [5, 5.41) is 15.0. The quantitative estimate of drug-likeness (QED) is 0.675. The lowest BCUT2D eigenvalue weighted by Crippen LogP contribution is -2.28. The van der Waals surface area contributed by atoms with Gasteiger partial charge >= 0.3 is 5.69 Å². The Labute approximate surface area is 127 Å². The van der Waals surface area contributed by atoms with Crippen molar-refractivity contribution >= 4 is 22.3 Å². The SMILES string of the molecule is CC1(CCNc2ccc3ncccc3c2[N+](=O)[O-])OCCO1. The number of hydrogen-bond donors (Lipinski definition) is 1. The van der Waals surface area contributed by atoms with E-state index >= 15 is 0 Å². The van der Waals surface area contributed by atoms with Gasteiger partial charge in [0.25, 0.3) is 0 Å². The second kappa shape index (κ2) is 5.86. The van der Waals surface area contributed by atoms with Crippen LogP contribution in [0.15, 0.2) is 30.5 Å². The molecule has 2 aromatic rings. The summed E-state index contributed by atoms with van der Waals surface area (Å²) >= 11 is 0. The van der Waals surface area contributed by atoms with Crippen LogP contribution in [0, 0.1) is 10.1 Å². The zero-order chi connectivity index (χ0) is 15.6. The molecule has 7 heteroatoms. The second-order valence-corrected chi connectivity index (χ2v) is 5.30. The van der Waals surface area contributed by atoms with Crippen molar-refractivity contribution in [2.24, 2.45) is 0 Å². The molecule has 22 heavy (non-hydrogen) atoms. The second-order valence-electron chi connectivity index (χ2n) is 5.30. The van der Waals surface area contributed by atoms with Crippen LogP contribution in [0.1, 0.15) is 13.3 Å². The third kappa shape index (κ3) is 2.86. The molecule has 1 aromatic heterocycles. The lowest BCUT2D eigenvalue weighted by atomic mass is 10.1. The number of nitrogens with one attached hydrogen (secondary N) is 1. The molecule has 0 atom stereocenters. The number of nitrogens with zero attached hydrogens (tertiary/aromatic N) is 2. The number of hydrogen-bond acceptors (Lipinski definition) is 6. The van der Waals surface area contributed by atoms with Crippen molar-refractivity contribution in [1.29, 1.82) is 0 Å². The first-order valence-electron chi connectivity index (χ1n) is 7.13. The van der Waals surface area contributed by atoms with Crippen LogP contribution >= 0.6 is 0 Å². The molecule has 0 spiro atoms. The molecular formula is C15H17N3O4. The van der Waals surface area contributed by atoms with Crippen molar-refractivity contribution in [2.45, 2.75) is 19.1 Å². The van der Waals surface area contributed by atoms with Crippen LogP contribution in [0.4, 0.5) is 11.4 Å². The van der Waals surface area contributed by atoms with Crippen LogP contribution in [0.3, 0.4) is 0 Å². The van der Waals surface area contributed by atoms with Crippen LogP contribution < -0.4 is 5.32 Å². The van der Waals surface area contributed by atoms with E-state index in [1.807, 2.05) is 6.92 Å². The molecule has 1 aromatic carbocycles. The smallest absolute Gasteiger partial charge is 0.301 e. The van der Waals surface area contributed by atoms with Gasteiger partial charge in [0.1, 0.15) is 5.69 Å². The molecule has 1 saturated heterocycles. The van der Waals surface area contributed by atoms with Crippen molar-refractivity contribution in [3.8, 4) is 0 Å². The Morgan fingerprint density at radius 1 is 1.36 bits per heavy atom. The molecule has 0 unspecified atom stereocenters. The third-order valence-electron chi connectivity index (χ3n) is 3.73. The van der Waals surface area contributed by atoms with E-state index < -0.39 is 5.79 Å². The minimum Gasteiger partial charge on any atom is -0.379 e. The van der Waals surface area contributed by atoms with Crippen molar-refractivity contribution in [3.63, 3.8) is 0 Å². The van der Waals surface area contributed by atoms with Gasteiger partial charge < -0.3 is 14.8 Å². The average Bonchev–Trinajstić information content (AvgIpc) is 2.93. The minimum absolute atomic E-state index is 0.0454. The summed E-state index contributed by atoms with van der Waals surface area (Å²) < 4.78 is 11.0. The monoisotopic (exact) mass is 303 g/mol. The van der Waals surface area contributed by atoms with Crippen LogP contribution in [0.2, 0.25) is 0 Å². The fourth-order valence-corrected chi connectivity index (χ4v) is 2.60. The van der Waals surface area contributed by atoms with Crippen LogP contribution in [-0.2, 0) is 9.47 Å². The van der Waals surface area contributed by atoms with Gasteiger partial charge in [-0.05, 0) is 31.2 Å². The fourth-order valence-electron chi connectivity index (χ4n) is 2.60. The largest absolute Gasteiger partial charge is 0.379 e. The van der Waals surface area contributed by atoms with Gasteiger partial charge in [0.05, 0.1) is 29.0 Å². The van der Waals surface area contributed by atoms with Crippen LogP contribution in [0.5, 0.6) is 0 Å². The summed E-state index contributed by atoms with van der Waals surface area (Å²) in [6, 6.07) is 6.86. The summed E-state index contributed by atoms with van der Waals surface area (Å²) in [4.78, 5) is 15.2. The first kappa shape index (κ1) is 14.7. The highest BCUT2D eigenvalue weighted by molar-refractivity contribution is 5.94. The number of aromatic nitrogens is 1. The zero-order valence-electron chi connectivity index (χ0n) is 12.2. The van der Waals surface area contributed by atoms with Gasteiger partial charge in [0, 0.05) is 19.2 Å². The van der Waals surface area contributed by atoms with Gasteiger partial charge in [-0.2, -0.15) is 0 Å². The highest BCUT2D eigenvalue weighted by atomic mass is 16.7. The number of anilines is 1. The summed E-state index contributed by atoms with van der Waals surface area (Å²) in [5.74, 6) is -0.611.